The second-order valence-electron chi connectivity index (χ2n) is 3.63. The molecule has 0 fully saturated rings. The number of thiazole rings is 1. The lowest BCUT2D eigenvalue weighted by Crippen LogP contribution is -1.92. The molecule has 14 heavy (non-hydrogen) atoms. The number of rotatable bonds is 6. The van der Waals surface area contributed by atoms with Crippen LogP contribution in [0.25, 0.3) is 0 Å². The van der Waals surface area contributed by atoms with Gasteiger partial charge in [-0.2, -0.15) is 0 Å². The van der Waals surface area contributed by atoms with Crippen LogP contribution in [-0.4, -0.2) is 4.98 Å². The average molecular weight is 212 g/mol. The van der Waals surface area contributed by atoms with Gasteiger partial charge in [-0.15, -0.1) is 11.3 Å². The predicted octanol–water partition coefficient (Wildman–Crippen LogP) is 3.41. The zero-order valence-electron chi connectivity index (χ0n) is 9.18. The van der Waals surface area contributed by atoms with E-state index in [0.717, 1.165) is 18.0 Å². The molecule has 0 saturated carbocycles. The van der Waals surface area contributed by atoms with Crippen molar-refractivity contribution in [2.45, 2.75) is 52.4 Å². The van der Waals surface area contributed by atoms with E-state index in [1.807, 2.05) is 0 Å². The summed E-state index contributed by atoms with van der Waals surface area (Å²) in [5.41, 5.74) is 6.98. The summed E-state index contributed by atoms with van der Waals surface area (Å²) in [5.74, 6) is 0. The van der Waals surface area contributed by atoms with Gasteiger partial charge in [0.15, 0.2) is 5.13 Å². The molecule has 0 atom stereocenters. The molecule has 3 heteroatoms. The maximum Gasteiger partial charge on any atom is 0.180 e. The third-order valence-electron chi connectivity index (χ3n) is 2.32. The molecule has 1 rings (SSSR count). The van der Waals surface area contributed by atoms with E-state index in [9.17, 15) is 0 Å². The summed E-state index contributed by atoms with van der Waals surface area (Å²) >= 11 is 1.67. The highest BCUT2D eigenvalue weighted by atomic mass is 32.1. The van der Waals surface area contributed by atoms with Gasteiger partial charge in [0.05, 0.1) is 5.69 Å². The molecule has 2 nitrogen and oxygen atoms in total. The molecule has 0 radical (unpaired) electrons. The Bertz CT molecular complexity index is 243. The number of unbranched alkanes of at least 4 members (excludes halogenated alkanes) is 2. The summed E-state index contributed by atoms with van der Waals surface area (Å²) in [5, 5.41) is 0.738. The topological polar surface area (TPSA) is 38.9 Å². The third kappa shape index (κ3) is 3.29. The smallest absolute Gasteiger partial charge is 0.180 e. The van der Waals surface area contributed by atoms with Gasteiger partial charge in [-0.3, -0.25) is 0 Å². The van der Waals surface area contributed by atoms with Crippen molar-refractivity contribution >= 4 is 16.5 Å². The second-order valence-corrected chi connectivity index (χ2v) is 4.74. The molecule has 0 aliphatic carbocycles. The summed E-state index contributed by atoms with van der Waals surface area (Å²) in [6.45, 7) is 4.43. The Balaban J connectivity index is 2.60. The lowest BCUT2D eigenvalue weighted by atomic mass is 10.1. The fourth-order valence-electron chi connectivity index (χ4n) is 1.48. The lowest BCUT2D eigenvalue weighted by molar-refractivity contribution is 0.754. The van der Waals surface area contributed by atoms with Gasteiger partial charge in [-0.05, 0) is 25.7 Å². The first-order chi connectivity index (χ1) is 6.77. The van der Waals surface area contributed by atoms with Crippen LogP contribution in [-0.2, 0) is 12.8 Å². The number of aryl methyl sites for hydroxylation is 2. The summed E-state index contributed by atoms with van der Waals surface area (Å²) in [6, 6.07) is 0. The monoisotopic (exact) mass is 212 g/mol. The second kappa shape index (κ2) is 6.02. The van der Waals surface area contributed by atoms with Crippen molar-refractivity contribution in [1.29, 1.82) is 0 Å². The molecular formula is C11H20N2S. The van der Waals surface area contributed by atoms with Crippen molar-refractivity contribution in [3.05, 3.63) is 10.6 Å². The van der Waals surface area contributed by atoms with Gasteiger partial charge in [0.2, 0.25) is 0 Å². The Morgan fingerprint density at radius 1 is 1.14 bits per heavy atom. The van der Waals surface area contributed by atoms with E-state index >= 15 is 0 Å². The summed E-state index contributed by atoms with van der Waals surface area (Å²) < 4.78 is 0. The average Bonchev–Trinajstić information content (AvgIpc) is 2.52. The Kier molecular flexibility index (Phi) is 4.94. The van der Waals surface area contributed by atoms with Crippen molar-refractivity contribution < 1.29 is 0 Å². The van der Waals surface area contributed by atoms with Gasteiger partial charge >= 0.3 is 0 Å². The minimum atomic E-state index is 0.738. The van der Waals surface area contributed by atoms with Gasteiger partial charge in [-0.25, -0.2) is 4.98 Å². The van der Waals surface area contributed by atoms with Gasteiger partial charge < -0.3 is 5.73 Å². The first-order valence-electron chi connectivity index (χ1n) is 5.52. The molecule has 0 aliphatic heterocycles. The highest BCUT2D eigenvalue weighted by Gasteiger charge is 2.07. The van der Waals surface area contributed by atoms with Crippen LogP contribution in [0.3, 0.4) is 0 Å². The highest BCUT2D eigenvalue weighted by molar-refractivity contribution is 7.15. The van der Waals surface area contributed by atoms with Gasteiger partial charge in [0.25, 0.3) is 0 Å². The molecule has 0 unspecified atom stereocenters. The van der Waals surface area contributed by atoms with Crippen LogP contribution >= 0.6 is 11.3 Å². The van der Waals surface area contributed by atoms with Crippen molar-refractivity contribution in [3.63, 3.8) is 0 Å². The number of anilines is 1. The number of aromatic nitrogens is 1. The number of hydrogen-bond acceptors (Lipinski definition) is 3. The van der Waals surface area contributed by atoms with Gasteiger partial charge in [0.1, 0.15) is 0 Å². The fourth-order valence-corrected chi connectivity index (χ4v) is 2.40. The van der Waals surface area contributed by atoms with E-state index in [-0.39, 0.29) is 0 Å². The van der Waals surface area contributed by atoms with Gasteiger partial charge in [0, 0.05) is 4.88 Å². The van der Waals surface area contributed by atoms with Crippen LogP contribution in [0.5, 0.6) is 0 Å². The molecule has 0 aromatic carbocycles. The Morgan fingerprint density at radius 2 is 1.79 bits per heavy atom. The SMILES string of the molecule is CCCCc1nc(N)sc1CCCC. The molecule has 1 aromatic rings. The van der Waals surface area contributed by atoms with Crippen LogP contribution in [0.2, 0.25) is 0 Å². The summed E-state index contributed by atoms with van der Waals surface area (Å²) in [6.07, 6.45) is 7.20. The van der Waals surface area contributed by atoms with Crippen LogP contribution in [0.15, 0.2) is 0 Å². The minimum absolute atomic E-state index is 0.738. The molecule has 0 amide bonds. The maximum atomic E-state index is 5.73. The van der Waals surface area contributed by atoms with Crippen LogP contribution in [0, 0.1) is 0 Å². The normalized spacial score (nSPS) is 10.7. The van der Waals surface area contributed by atoms with Crippen molar-refractivity contribution in [2.75, 3.05) is 5.73 Å². The van der Waals surface area contributed by atoms with E-state index < -0.39 is 0 Å². The van der Waals surface area contributed by atoms with Crippen LogP contribution in [0.4, 0.5) is 5.13 Å². The molecule has 0 saturated heterocycles. The number of nitrogens with two attached hydrogens (primary N) is 1. The number of nitrogen functional groups attached to an aromatic ring is 1. The van der Waals surface area contributed by atoms with Crippen molar-refractivity contribution in [3.8, 4) is 0 Å². The van der Waals surface area contributed by atoms with Gasteiger partial charge in [-0.1, -0.05) is 26.7 Å². The lowest BCUT2D eigenvalue weighted by Gasteiger charge is -1.99. The molecule has 1 aromatic heterocycles. The van der Waals surface area contributed by atoms with Crippen LogP contribution < -0.4 is 5.73 Å². The highest BCUT2D eigenvalue weighted by Crippen LogP contribution is 2.23. The standard InChI is InChI=1S/C11H20N2S/c1-3-5-7-9-10(8-6-4-2)14-11(12)13-9/h3-8H2,1-2H3,(H2,12,13). The predicted molar refractivity (Wildman–Crippen MR) is 63.8 cm³/mol. The van der Waals surface area contributed by atoms with E-state index in [0.29, 0.717) is 0 Å². The Morgan fingerprint density at radius 3 is 2.43 bits per heavy atom. The Labute approximate surface area is 90.6 Å². The maximum absolute atomic E-state index is 5.73. The third-order valence-corrected chi connectivity index (χ3v) is 3.31. The quantitative estimate of drug-likeness (QED) is 0.785. The molecule has 80 valence electrons. The van der Waals surface area contributed by atoms with Crippen molar-refractivity contribution in [2.24, 2.45) is 0 Å². The molecule has 0 spiro atoms. The first-order valence-corrected chi connectivity index (χ1v) is 6.33. The molecule has 2 N–H and O–H groups in total. The molecule has 1 heterocycles. The van der Waals surface area contributed by atoms with E-state index in [4.69, 9.17) is 5.73 Å². The zero-order valence-corrected chi connectivity index (χ0v) is 9.99. The fraction of sp³-hybridized carbons (Fsp3) is 0.727. The first kappa shape index (κ1) is 11.5. The van der Waals surface area contributed by atoms with Crippen LogP contribution in [0.1, 0.15) is 50.1 Å². The van der Waals surface area contributed by atoms with Crippen molar-refractivity contribution in [1.82, 2.24) is 4.98 Å². The molecule has 0 bridgehead atoms. The largest absolute Gasteiger partial charge is 0.375 e. The minimum Gasteiger partial charge on any atom is -0.375 e. The Hall–Kier alpha value is -0.570. The van der Waals surface area contributed by atoms with E-state index in [1.165, 1.54) is 36.3 Å². The number of nitrogens with zero attached hydrogens (tertiary/aromatic N) is 1. The zero-order chi connectivity index (χ0) is 10.4. The summed E-state index contributed by atoms with van der Waals surface area (Å²) in [7, 11) is 0. The van der Waals surface area contributed by atoms with E-state index in [2.05, 4.69) is 18.8 Å². The van der Waals surface area contributed by atoms with E-state index in [1.54, 1.807) is 11.3 Å². The summed E-state index contributed by atoms with van der Waals surface area (Å²) in [4.78, 5) is 5.81. The molecule has 0 aliphatic rings. The molecular weight excluding hydrogens is 192 g/mol. The number of hydrogen-bond donors (Lipinski definition) is 1.